The van der Waals surface area contributed by atoms with Gasteiger partial charge in [-0.25, -0.2) is 4.39 Å². The summed E-state index contributed by atoms with van der Waals surface area (Å²) in [6.07, 6.45) is 2.15. The highest BCUT2D eigenvalue weighted by atomic mass is 19.1. The standard InChI is InChI=1S/C13H13FN2/c14-11-6-2-1-5-10(11)9-12(15)13-7-3-4-8-16-13/h1-8,12H,9,15H2. The van der Waals surface area contributed by atoms with Gasteiger partial charge >= 0.3 is 0 Å². The molecule has 16 heavy (non-hydrogen) atoms. The molecule has 0 spiro atoms. The van der Waals surface area contributed by atoms with Crippen molar-refractivity contribution in [2.75, 3.05) is 0 Å². The normalized spacial score (nSPS) is 12.4. The van der Waals surface area contributed by atoms with Crippen molar-refractivity contribution in [2.45, 2.75) is 12.5 Å². The zero-order valence-electron chi connectivity index (χ0n) is 8.81. The third kappa shape index (κ3) is 2.44. The van der Waals surface area contributed by atoms with E-state index in [1.54, 1.807) is 18.3 Å². The quantitative estimate of drug-likeness (QED) is 0.856. The molecule has 0 saturated heterocycles. The Morgan fingerprint density at radius 2 is 1.88 bits per heavy atom. The predicted octanol–water partition coefficient (Wildman–Crippen LogP) is 2.46. The molecule has 1 aromatic carbocycles. The Bertz CT molecular complexity index is 456. The number of hydrogen-bond donors (Lipinski definition) is 1. The number of halogens is 1. The molecule has 1 heterocycles. The van der Waals surface area contributed by atoms with Crippen LogP contribution < -0.4 is 5.73 Å². The van der Waals surface area contributed by atoms with Crippen molar-refractivity contribution in [3.63, 3.8) is 0 Å². The van der Waals surface area contributed by atoms with Crippen molar-refractivity contribution in [2.24, 2.45) is 5.73 Å². The molecule has 1 unspecified atom stereocenters. The topological polar surface area (TPSA) is 38.9 Å². The molecular formula is C13H13FN2. The molecule has 82 valence electrons. The fourth-order valence-electron chi connectivity index (χ4n) is 1.60. The van der Waals surface area contributed by atoms with Crippen molar-refractivity contribution in [3.05, 3.63) is 65.7 Å². The van der Waals surface area contributed by atoms with Gasteiger partial charge in [0.15, 0.2) is 0 Å². The lowest BCUT2D eigenvalue weighted by Crippen LogP contribution is -2.15. The average molecular weight is 216 g/mol. The lowest BCUT2D eigenvalue weighted by Gasteiger charge is -2.11. The van der Waals surface area contributed by atoms with Gasteiger partial charge in [-0.1, -0.05) is 24.3 Å². The van der Waals surface area contributed by atoms with E-state index < -0.39 is 0 Å². The van der Waals surface area contributed by atoms with E-state index in [1.807, 2.05) is 24.3 Å². The van der Waals surface area contributed by atoms with Gasteiger partial charge in [-0.15, -0.1) is 0 Å². The molecule has 0 bridgehead atoms. The van der Waals surface area contributed by atoms with Gasteiger partial charge in [0.1, 0.15) is 5.82 Å². The minimum Gasteiger partial charge on any atom is -0.322 e. The smallest absolute Gasteiger partial charge is 0.126 e. The molecule has 0 amide bonds. The van der Waals surface area contributed by atoms with E-state index in [4.69, 9.17) is 5.73 Å². The Labute approximate surface area is 93.9 Å². The number of aromatic nitrogens is 1. The van der Waals surface area contributed by atoms with Crippen molar-refractivity contribution in [1.82, 2.24) is 4.98 Å². The summed E-state index contributed by atoms with van der Waals surface area (Å²) in [6, 6.07) is 12.0. The molecule has 0 aliphatic carbocycles. The summed E-state index contributed by atoms with van der Waals surface area (Å²) >= 11 is 0. The summed E-state index contributed by atoms with van der Waals surface area (Å²) in [5.41, 5.74) is 7.38. The van der Waals surface area contributed by atoms with Crippen LogP contribution in [0.1, 0.15) is 17.3 Å². The molecule has 0 fully saturated rings. The Balaban J connectivity index is 2.14. The first-order valence-electron chi connectivity index (χ1n) is 5.17. The minimum atomic E-state index is -0.266. The van der Waals surface area contributed by atoms with Crippen molar-refractivity contribution >= 4 is 0 Å². The van der Waals surface area contributed by atoms with Crippen LogP contribution in [-0.2, 0) is 6.42 Å². The molecule has 2 nitrogen and oxygen atoms in total. The Kier molecular flexibility index (Phi) is 3.27. The highest BCUT2D eigenvalue weighted by Gasteiger charge is 2.10. The molecule has 2 rings (SSSR count). The van der Waals surface area contributed by atoms with Gasteiger partial charge in [0.05, 0.1) is 11.7 Å². The molecule has 1 aromatic heterocycles. The number of nitrogens with zero attached hydrogens (tertiary/aromatic N) is 1. The molecule has 3 heteroatoms. The SMILES string of the molecule is NC(Cc1ccccc1F)c1ccccn1. The predicted molar refractivity (Wildman–Crippen MR) is 61.3 cm³/mol. The molecule has 0 aliphatic rings. The number of nitrogens with two attached hydrogens (primary N) is 1. The van der Waals surface area contributed by atoms with Gasteiger partial charge in [0.2, 0.25) is 0 Å². The third-order valence-corrected chi connectivity index (χ3v) is 2.47. The van der Waals surface area contributed by atoms with Gasteiger partial charge in [-0.2, -0.15) is 0 Å². The van der Waals surface area contributed by atoms with Crippen LogP contribution in [0.15, 0.2) is 48.7 Å². The molecule has 2 N–H and O–H groups in total. The van der Waals surface area contributed by atoms with Crippen LogP contribution in [0.5, 0.6) is 0 Å². The van der Waals surface area contributed by atoms with E-state index in [-0.39, 0.29) is 11.9 Å². The summed E-state index contributed by atoms with van der Waals surface area (Å²) in [5, 5.41) is 0. The van der Waals surface area contributed by atoms with E-state index in [0.29, 0.717) is 12.0 Å². The fraction of sp³-hybridized carbons (Fsp3) is 0.154. The number of hydrogen-bond acceptors (Lipinski definition) is 2. The van der Waals surface area contributed by atoms with E-state index in [2.05, 4.69) is 4.98 Å². The third-order valence-electron chi connectivity index (χ3n) is 2.47. The maximum atomic E-state index is 13.4. The van der Waals surface area contributed by atoms with Crippen molar-refractivity contribution in [3.8, 4) is 0 Å². The van der Waals surface area contributed by atoms with E-state index >= 15 is 0 Å². The lowest BCUT2D eigenvalue weighted by molar-refractivity contribution is 0.590. The van der Waals surface area contributed by atoms with Gasteiger partial charge in [0, 0.05) is 6.20 Å². The first kappa shape index (κ1) is 10.8. The molecular weight excluding hydrogens is 203 g/mol. The first-order valence-corrected chi connectivity index (χ1v) is 5.17. The highest BCUT2D eigenvalue weighted by Crippen LogP contribution is 2.15. The van der Waals surface area contributed by atoms with Gasteiger partial charge in [-0.05, 0) is 30.2 Å². The van der Waals surface area contributed by atoms with Crippen molar-refractivity contribution < 1.29 is 4.39 Å². The van der Waals surface area contributed by atoms with Gasteiger partial charge in [-0.3, -0.25) is 4.98 Å². The summed E-state index contributed by atoms with van der Waals surface area (Å²) in [4.78, 5) is 4.16. The highest BCUT2D eigenvalue weighted by molar-refractivity contribution is 5.20. The minimum absolute atomic E-state index is 0.214. The maximum Gasteiger partial charge on any atom is 0.126 e. The second kappa shape index (κ2) is 4.86. The molecule has 2 aromatic rings. The number of rotatable bonds is 3. The molecule has 1 atom stereocenters. The molecule has 0 radical (unpaired) electrons. The lowest BCUT2D eigenvalue weighted by atomic mass is 10.0. The van der Waals surface area contributed by atoms with E-state index in [9.17, 15) is 4.39 Å². The Morgan fingerprint density at radius 3 is 2.56 bits per heavy atom. The van der Waals surface area contributed by atoms with E-state index in [1.165, 1.54) is 6.07 Å². The monoisotopic (exact) mass is 216 g/mol. The number of pyridine rings is 1. The second-order valence-electron chi connectivity index (χ2n) is 3.66. The summed E-state index contributed by atoms with van der Waals surface area (Å²) in [5.74, 6) is -0.214. The zero-order valence-corrected chi connectivity index (χ0v) is 8.81. The second-order valence-corrected chi connectivity index (χ2v) is 3.66. The Hall–Kier alpha value is -1.74. The molecule has 0 aliphatic heterocycles. The van der Waals surface area contributed by atoms with Gasteiger partial charge < -0.3 is 5.73 Å². The summed E-state index contributed by atoms with van der Waals surface area (Å²) in [7, 11) is 0. The molecule has 0 saturated carbocycles. The van der Waals surface area contributed by atoms with Crippen LogP contribution in [0.4, 0.5) is 4.39 Å². The zero-order chi connectivity index (χ0) is 11.4. The average Bonchev–Trinajstić information content (AvgIpc) is 2.33. The van der Waals surface area contributed by atoms with Crippen LogP contribution in [0.2, 0.25) is 0 Å². The Morgan fingerprint density at radius 1 is 1.12 bits per heavy atom. The summed E-state index contributed by atoms with van der Waals surface area (Å²) in [6.45, 7) is 0. The largest absolute Gasteiger partial charge is 0.322 e. The van der Waals surface area contributed by atoms with Crippen LogP contribution in [0.3, 0.4) is 0 Å². The number of benzene rings is 1. The van der Waals surface area contributed by atoms with Crippen LogP contribution in [0.25, 0.3) is 0 Å². The van der Waals surface area contributed by atoms with Crippen LogP contribution in [0, 0.1) is 5.82 Å². The van der Waals surface area contributed by atoms with Gasteiger partial charge in [0.25, 0.3) is 0 Å². The van der Waals surface area contributed by atoms with E-state index in [0.717, 1.165) is 5.69 Å². The maximum absolute atomic E-state index is 13.4. The van der Waals surface area contributed by atoms with Crippen molar-refractivity contribution in [1.29, 1.82) is 0 Å². The van der Waals surface area contributed by atoms with Crippen LogP contribution in [-0.4, -0.2) is 4.98 Å². The fourth-order valence-corrected chi connectivity index (χ4v) is 1.60. The van der Waals surface area contributed by atoms with Crippen LogP contribution >= 0.6 is 0 Å². The summed E-state index contributed by atoms with van der Waals surface area (Å²) < 4.78 is 13.4. The first-order chi connectivity index (χ1) is 7.77.